The van der Waals surface area contributed by atoms with Crippen LogP contribution in [0.2, 0.25) is 5.02 Å². The molecule has 0 bridgehead atoms. The molecule has 1 N–H and O–H groups in total. The van der Waals surface area contributed by atoms with Crippen molar-refractivity contribution >= 4 is 17.6 Å². The zero-order chi connectivity index (χ0) is 16.0. The molecule has 1 unspecified atom stereocenters. The van der Waals surface area contributed by atoms with E-state index in [-0.39, 0.29) is 11.5 Å². The number of carboxylic acid groups (broad SMARTS) is 1. The average molecular weight is 313 g/mol. The first-order valence-electron chi connectivity index (χ1n) is 7.08. The van der Waals surface area contributed by atoms with Gasteiger partial charge in [0.2, 0.25) is 0 Å². The van der Waals surface area contributed by atoms with Gasteiger partial charge in [-0.3, -0.25) is 0 Å². The van der Waals surface area contributed by atoms with Crippen LogP contribution in [-0.2, 0) is 10.2 Å². The van der Waals surface area contributed by atoms with Crippen molar-refractivity contribution in [3.05, 3.63) is 34.9 Å². The van der Waals surface area contributed by atoms with Crippen molar-refractivity contribution in [1.82, 2.24) is 4.90 Å². The molecule has 1 fully saturated rings. The lowest BCUT2D eigenvalue weighted by Gasteiger charge is -2.43. The van der Waals surface area contributed by atoms with Crippen molar-refractivity contribution in [1.29, 1.82) is 0 Å². The van der Waals surface area contributed by atoms with Gasteiger partial charge in [0.1, 0.15) is 0 Å². The molecule has 2 rings (SSSR count). The fourth-order valence-electron chi connectivity index (χ4n) is 2.76. The van der Waals surface area contributed by atoms with E-state index >= 15 is 0 Å². The molecule has 1 aliphatic rings. The van der Waals surface area contributed by atoms with Crippen LogP contribution in [0, 0.1) is 0 Å². The van der Waals surface area contributed by atoms with Crippen LogP contribution in [0.1, 0.15) is 32.3 Å². The lowest BCUT2D eigenvalue weighted by Crippen LogP contribution is -2.47. The number of carboxylic acids is 1. The molecule has 0 amide bonds. The fourth-order valence-corrected chi connectivity index (χ4v) is 2.95. The zero-order valence-corrected chi connectivity index (χ0v) is 13.6. The average Bonchev–Trinajstić information content (AvgIpc) is 2.39. The summed E-state index contributed by atoms with van der Waals surface area (Å²) in [7, 11) is 2.13. The third kappa shape index (κ3) is 4.99. The number of likely N-dealkylation sites (tertiary alicyclic amines) is 1. The van der Waals surface area contributed by atoms with Gasteiger partial charge in [-0.1, -0.05) is 23.7 Å². The Bertz CT molecular complexity index is 464. The summed E-state index contributed by atoms with van der Waals surface area (Å²) in [5.74, 6) is -1.08. The van der Waals surface area contributed by atoms with Gasteiger partial charge >= 0.3 is 0 Å². The molecule has 0 aliphatic carbocycles. The highest BCUT2D eigenvalue weighted by molar-refractivity contribution is 6.30. The van der Waals surface area contributed by atoms with Crippen LogP contribution in [0.25, 0.3) is 0 Å². The number of aliphatic carboxylic acids is 1. The second kappa shape index (κ2) is 7.78. The molecule has 21 heavy (non-hydrogen) atoms. The van der Waals surface area contributed by atoms with Gasteiger partial charge in [-0.25, -0.2) is 0 Å². The Morgan fingerprint density at radius 3 is 2.38 bits per heavy atom. The number of nitrogens with zero attached hydrogens (tertiary/aromatic N) is 1. The van der Waals surface area contributed by atoms with Crippen LogP contribution >= 0.6 is 11.6 Å². The van der Waals surface area contributed by atoms with E-state index in [0.717, 1.165) is 37.9 Å². The lowest BCUT2D eigenvalue weighted by molar-refractivity contribution is -0.302. The highest BCUT2D eigenvalue weighted by Crippen LogP contribution is 2.39. The number of aliphatic hydroxyl groups is 1. The summed E-state index contributed by atoms with van der Waals surface area (Å²) < 4.78 is 0. The molecule has 4 nitrogen and oxygen atoms in total. The summed E-state index contributed by atoms with van der Waals surface area (Å²) in [6.45, 7) is 4.92. The Morgan fingerprint density at radius 2 is 1.95 bits per heavy atom. The number of carbonyl (C=O) groups excluding carboxylic acids is 1. The number of benzene rings is 1. The predicted octanol–water partition coefficient (Wildman–Crippen LogP) is 1.44. The summed E-state index contributed by atoms with van der Waals surface area (Å²) in [4.78, 5) is 11.2. The molecule has 0 radical (unpaired) electrons. The molecule has 1 aliphatic heterocycles. The Labute approximate surface area is 131 Å². The number of carbonyl (C=O) groups is 1. The molecule has 0 saturated carbocycles. The van der Waals surface area contributed by atoms with Crippen molar-refractivity contribution in [2.45, 2.75) is 38.2 Å². The van der Waals surface area contributed by atoms with Gasteiger partial charge in [0.05, 0.1) is 6.10 Å². The highest BCUT2D eigenvalue weighted by atomic mass is 35.5. The van der Waals surface area contributed by atoms with E-state index in [9.17, 15) is 5.11 Å². The van der Waals surface area contributed by atoms with E-state index in [2.05, 4.69) is 18.0 Å². The van der Waals surface area contributed by atoms with Crippen molar-refractivity contribution in [2.75, 3.05) is 20.1 Å². The molecule has 5 heteroatoms. The highest BCUT2D eigenvalue weighted by Gasteiger charge is 2.39. The van der Waals surface area contributed by atoms with E-state index in [1.54, 1.807) is 0 Å². The van der Waals surface area contributed by atoms with Gasteiger partial charge in [0.15, 0.2) is 0 Å². The first kappa shape index (κ1) is 18.0. The van der Waals surface area contributed by atoms with E-state index in [4.69, 9.17) is 21.5 Å². The Balaban J connectivity index is 0.000000491. The van der Waals surface area contributed by atoms with E-state index in [1.165, 1.54) is 5.56 Å². The summed E-state index contributed by atoms with van der Waals surface area (Å²) in [5.41, 5.74) is 1.05. The lowest BCUT2D eigenvalue weighted by atomic mass is 9.69. The predicted molar refractivity (Wildman–Crippen MR) is 82.2 cm³/mol. The quantitative estimate of drug-likeness (QED) is 0.897. The molecule has 0 spiro atoms. The Hall–Kier alpha value is -1.10. The number of hydrogen-bond acceptors (Lipinski definition) is 4. The van der Waals surface area contributed by atoms with Crippen LogP contribution in [-0.4, -0.2) is 42.2 Å². The molecule has 1 aromatic rings. The van der Waals surface area contributed by atoms with Gasteiger partial charge in [-0.05, 0) is 64.5 Å². The van der Waals surface area contributed by atoms with Crippen LogP contribution in [0.5, 0.6) is 0 Å². The van der Waals surface area contributed by atoms with Crippen molar-refractivity contribution < 1.29 is 15.0 Å². The van der Waals surface area contributed by atoms with Crippen LogP contribution in [0.3, 0.4) is 0 Å². The second-order valence-corrected chi connectivity index (χ2v) is 6.07. The van der Waals surface area contributed by atoms with Crippen LogP contribution in [0.4, 0.5) is 0 Å². The maximum atomic E-state index is 10.2. The fraction of sp³-hybridized carbons (Fsp3) is 0.562. The monoisotopic (exact) mass is 312 g/mol. The van der Waals surface area contributed by atoms with Gasteiger partial charge in [0.25, 0.3) is 0 Å². The topological polar surface area (TPSA) is 63.6 Å². The number of aliphatic hydroxyl groups excluding tert-OH is 1. The molecule has 1 saturated heterocycles. The van der Waals surface area contributed by atoms with Gasteiger partial charge in [-0.15, -0.1) is 0 Å². The van der Waals surface area contributed by atoms with E-state index < -0.39 is 5.97 Å². The molecule has 1 aromatic carbocycles. The largest absolute Gasteiger partial charge is 0.550 e. The number of piperidine rings is 1. The van der Waals surface area contributed by atoms with E-state index in [1.807, 2.05) is 25.1 Å². The summed E-state index contributed by atoms with van der Waals surface area (Å²) >= 11 is 6.07. The smallest absolute Gasteiger partial charge is 0.0609 e. The third-order valence-corrected chi connectivity index (χ3v) is 4.31. The second-order valence-electron chi connectivity index (χ2n) is 5.64. The standard InChI is InChI=1S/C14H20ClNO.C2H4O2/c1-11(17)14(6-8-16(2)9-7-14)12-4-3-5-13(15)10-12;1-2(3)4/h3-5,10-11,17H,6-9H2,1-2H3;1H3,(H,3,4)/p-1. The normalized spacial score (nSPS) is 19.3. The minimum Gasteiger partial charge on any atom is -0.550 e. The Kier molecular flexibility index (Phi) is 6.65. The first-order chi connectivity index (χ1) is 9.78. The molecular formula is C16H23ClNO3-. The van der Waals surface area contributed by atoms with Gasteiger partial charge in [0, 0.05) is 16.4 Å². The molecular weight excluding hydrogens is 290 g/mol. The van der Waals surface area contributed by atoms with Crippen molar-refractivity contribution in [3.8, 4) is 0 Å². The van der Waals surface area contributed by atoms with Crippen molar-refractivity contribution in [3.63, 3.8) is 0 Å². The summed E-state index contributed by atoms with van der Waals surface area (Å²) in [5, 5.41) is 19.8. The molecule has 1 atom stereocenters. The zero-order valence-electron chi connectivity index (χ0n) is 12.8. The first-order valence-corrected chi connectivity index (χ1v) is 7.46. The van der Waals surface area contributed by atoms with E-state index in [0.29, 0.717) is 0 Å². The summed E-state index contributed by atoms with van der Waals surface area (Å²) in [6.07, 6.45) is 1.64. The van der Waals surface area contributed by atoms with Gasteiger partial charge in [-0.2, -0.15) is 0 Å². The maximum Gasteiger partial charge on any atom is 0.0609 e. The molecule has 1 heterocycles. The van der Waals surface area contributed by atoms with Crippen molar-refractivity contribution in [2.24, 2.45) is 0 Å². The minimum absolute atomic E-state index is 0.128. The van der Waals surface area contributed by atoms with Crippen LogP contribution in [0.15, 0.2) is 24.3 Å². The number of rotatable bonds is 2. The molecule has 0 aromatic heterocycles. The van der Waals surface area contributed by atoms with Gasteiger partial charge < -0.3 is 19.9 Å². The third-order valence-electron chi connectivity index (χ3n) is 4.08. The minimum atomic E-state index is -1.08. The Morgan fingerprint density at radius 1 is 1.43 bits per heavy atom. The number of hydrogen-bond donors (Lipinski definition) is 1. The SMILES string of the molecule is CC(=O)[O-].CC(O)C1(c2cccc(Cl)c2)CCN(C)CC1. The summed E-state index contributed by atoms with van der Waals surface area (Å²) in [6, 6.07) is 7.94. The number of halogens is 1. The van der Waals surface area contributed by atoms with Crippen LogP contribution < -0.4 is 5.11 Å². The maximum absolute atomic E-state index is 10.2. The molecule has 118 valence electrons.